The van der Waals surface area contributed by atoms with Crippen molar-refractivity contribution in [3.8, 4) is 0 Å². The molecule has 8 atom stereocenters. The Morgan fingerprint density at radius 3 is 1.26 bits per heavy atom. The Hall–Kier alpha value is -2.90. The molecule has 1 amide bonds. The zero-order valence-corrected chi connectivity index (χ0v) is 55.7. The summed E-state index contributed by atoms with van der Waals surface area (Å²) in [7, 11) is 0. The van der Waals surface area contributed by atoms with E-state index in [0.717, 1.165) is 116 Å². The molecule has 0 bridgehead atoms. The number of carbonyl (C=O) groups is 2. The van der Waals surface area contributed by atoms with Gasteiger partial charge >= 0.3 is 5.97 Å². The summed E-state index contributed by atoms with van der Waals surface area (Å²) >= 11 is 0. The molecule has 1 fully saturated rings. The SMILES string of the molecule is CC/C=C\C/C=C\C/C=C\C/C=C\C/C=C\CCCCCCCCCC(=O)OC1C(OCC(NC(=O)C(O)CCCCCCCCCCCCCCCCCCCCCCCC)C(O)/C=C/CCCCCCCCCCCC)OC(CO)C(O)C1O. The van der Waals surface area contributed by atoms with Crippen LogP contribution in [0.2, 0.25) is 0 Å². The van der Waals surface area contributed by atoms with Crippen LogP contribution in [-0.4, -0.2) is 99.6 Å². The van der Waals surface area contributed by atoms with Gasteiger partial charge in [0.15, 0.2) is 12.4 Å². The van der Waals surface area contributed by atoms with Crippen molar-refractivity contribution in [3.63, 3.8) is 0 Å². The van der Waals surface area contributed by atoms with Crippen LogP contribution < -0.4 is 5.32 Å². The largest absolute Gasteiger partial charge is 0.454 e. The van der Waals surface area contributed by atoms with Gasteiger partial charge in [0.25, 0.3) is 0 Å². The van der Waals surface area contributed by atoms with Crippen LogP contribution in [0.25, 0.3) is 0 Å². The Bertz CT molecular complexity index is 1680. The van der Waals surface area contributed by atoms with E-state index in [0.29, 0.717) is 19.3 Å². The minimum absolute atomic E-state index is 0.109. The molecule has 1 rings (SSSR count). The first-order valence-corrected chi connectivity index (χ1v) is 36.2. The Labute approximate surface area is 528 Å². The van der Waals surface area contributed by atoms with E-state index in [2.05, 4.69) is 86.8 Å². The van der Waals surface area contributed by atoms with Crippen LogP contribution in [0.5, 0.6) is 0 Å². The number of nitrogens with one attached hydrogen (secondary N) is 1. The topological polar surface area (TPSA) is 175 Å². The maximum Gasteiger partial charge on any atom is 0.306 e. The van der Waals surface area contributed by atoms with Crippen molar-refractivity contribution in [2.45, 2.75) is 378 Å². The van der Waals surface area contributed by atoms with Gasteiger partial charge < -0.3 is 45.1 Å². The van der Waals surface area contributed by atoms with E-state index >= 15 is 0 Å². The second-order valence-electron chi connectivity index (χ2n) is 24.9. The fourth-order valence-corrected chi connectivity index (χ4v) is 11.2. The van der Waals surface area contributed by atoms with Crippen LogP contribution in [0.4, 0.5) is 0 Å². The summed E-state index contributed by atoms with van der Waals surface area (Å²) in [5, 5.41) is 57.3. The summed E-state index contributed by atoms with van der Waals surface area (Å²) in [5.41, 5.74) is 0. The van der Waals surface area contributed by atoms with E-state index in [1.165, 1.54) is 167 Å². The molecule has 1 saturated heterocycles. The molecule has 1 heterocycles. The number of aliphatic hydroxyl groups excluding tert-OH is 5. The van der Waals surface area contributed by atoms with Crippen LogP contribution in [0.1, 0.15) is 329 Å². The molecule has 500 valence electrons. The van der Waals surface area contributed by atoms with Crippen molar-refractivity contribution in [1.82, 2.24) is 5.32 Å². The lowest BCUT2D eigenvalue weighted by Gasteiger charge is -2.41. The molecule has 86 heavy (non-hydrogen) atoms. The van der Waals surface area contributed by atoms with E-state index in [1.54, 1.807) is 6.08 Å². The standard InChI is InChI=1S/C75H135NO10/c1-4-7-10-13-16-19-22-25-27-29-31-33-35-37-39-41-43-45-48-51-54-57-60-63-70(80)86-73-72(82)71(81)69(64-77)85-75(73)84-65-66(67(78)61-58-55-52-49-46-24-21-18-15-12-9-6-3)76-74(83)68(79)62-59-56-53-50-47-44-42-40-38-36-34-32-30-28-26-23-20-17-14-11-8-5-2/h7,10,16,19,25,27,31,33,37,39,58,61,66-69,71-73,75,77-79,81-82H,4-6,8-9,11-15,17-18,20-24,26,28-30,32,34-36,38,40-57,59-60,62-65H2,1-3H3,(H,76,83)/b10-7-,19-16-,27-25-,33-31-,39-37-,61-58+. The Morgan fingerprint density at radius 2 is 0.837 bits per heavy atom. The number of hydrogen-bond acceptors (Lipinski definition) is 10. The molecule has 11 nitrogen and oxygen atoms in total. The van der Waals surface area contributed by atoms with Gasteiger partial charge in [-0.2, -0.15) is 0 Å². The Kier molecular flexibility index (Phi) is 58.8. The number of esters is 1. The van der Waals surface area contributed by atoms with Crippen LogP contribution in [-0.2, 0) is 23.8 Å². The van der Waals surface area contributed by atoms with Crippen molar-refractivity contribution >= 4 is 11.9 Å². The lowest BCUT2D eigenvalue weighted by Crippen LogP contribution is -2.61. The average Bonchev–Trinajstić information content (AvgIpc) is 3.39. The molecule has 0 aromatic carbocycles. The molecule has 0 radical (unpaired) electrons. The van der Waals surface area contributed by atoms with Crippen molar-refractivity contribution in [3.05, 3.63) is 72.9 Å². The van der Waals surface area contributed by atoms with E-state index in [4.69, 9.17) is 14.2 Å². The number of unbranched alkanes of at least 4 members (excludes halogenated alkanes) is 38. The summed E-state index contributed by atoms with van der Waals surface area (Å²) in [5.74, 6) is -1.20. The van der Waals surface area contributed by atoms with E-state index in [9.17, 15) is 35.1 Å². The lowest BCUT2D eigenvalue weighted by atomic mass is 9.99. The number of amides is 1. The maximum absolute atomic E-state index is 13.5. The number of ether oxygens (including phenoxy) is 3. The molecule has 0 aliphatic carbocycles. The molecule has 1 aliphatic heterocycles. The molecule has 0 spiro atoms. The van der Waals surface area contributed by atoms with Crippen LogP contribution in [0.3, 0.4) is 0 Å². The average molecular weight is 1210 g/mol. The van der Waals surface area contributed by atoms with Gasteiger partial charge in [0.1, 0.15) is 24.4 Å². The van der Waals surface area contributed by atoms with Crippen LogP contribution >= 0.6 is 0 Å². The summed E-state index contributed by atoms with van der Waals surface area (Å²) in [6.07, 6.45) is 70.8. The maximum atomic E-state index is 13.5. The monoisotopic (exact) mass is 1210 g/mol. The molecule has 8 unspecified atom stereocenters. The van der Waals surface area contributed by atoms with Gasteiger partial charge in [-0.15, -0.1) is 0 Å². The van der Waals surface area contributed by atoms with E-state index < -0.39 is 67.4 Å². The first-order chi connectivity index (χ1) is 42.2. The van der Waals surface area contributed by atoms with Crippen molar-refractivity contribution < 1.29 is 49.3 Å². The molecular weight excluding hydrogens is 1070 g/mol. The van der Waals surface area contributed by atoms with Gasteiger partial charge in [-0.25, -0.2) is 0 Å². The number of rotatable bonds is 62. The fraction of sp³-hybridized carbons (Fsp3) is 0.813. The van der Waals surface area contributed by atoms with Crippen molar-refractivity contribution in [2.24, 2.45) is 0 Å². The summed E-state index contributed by atoms with van der Waals surface area (Å²) < 4.78 is 17.7. The predicted molar refractivity (Wildman–Crippen MR) is 361 cm³/mol. The highest BCUT2D eigenvalue weighted by molar-refractivity contribution is 5.80. The van der Waals surface area contributed by atoms with Crippen LogP contribution in [0, 0.1) is 0 Å². The lowest BCUT2D eigenvalue weighted by molar-refractivity contribution is -0.305. The first kappa shape index (κ1) is 81.1. The highest BCUT2D eigenvalue weighted by Gasteiger charge is 2.47. The van der Waals surface area contributed by atoms with Gasteiger partial charge in [-0.05, 0) is 70.6 Å². The molecule has 11 heteroatoms. The number of carbonyl (C=O) groups excluding carboxylic acids is 2. The molecule has 6 N–H and O–H groups in total. The highest BCUT2D eigenvalue weighted by Crippen LogP contribution is 2.26. The second kappa shape index (κ2) is 62.3. The highest BCUT2D eigenvalue weighted by atomic mass is 16.7. The molecule has 1 aliphatic rings. The fourth-order valence-electron chi connectivity index (χ4n) is 11.2. The number of aliphatic hydroxyl groups is 5. The van der Waals surface area contributed by atoms with Crippen molar-refractivity contribution in [1.29, 1.82) is 0 Å². The zero-order chi connectivity index (χ0) is 62.4. The van der Waals surface area contributed by atoms with Gasteiger partial charge in [0.05, 0.1) is 25.4 Å². The molecular formula is C75H135NO10. The Balaban J connectivity index is 2.57. The minimum Gasteiger partial charge on any atom is -0.454 e. The number of hydrogen-bond donors (Lipinski definition) is 6. The summed E-state index contributed by atoms with van der Waals surface area (Å²) in [6, 6.07) is -1.03. The molecule has 0 saturated carbocycles. The second-order valence-corrected chi connectivity index (χ2v) is 24.9. The molecule has 0 aromatic heterocycles. The van der Waals surface area contributed by atoms with Crippen molar-refractivity contribution in [2.75, 3.05) is 13.2 Å². The van der Waals surface area contributed by atoms with Crippen LogP contribution in [0.15, 0.2) is 72.9 Å². The third kappa shape index (κ3) is 49.0. The minimum atomic E-state index is -1.62. The first-order valence-electron chi connectivity index (χ1n) is 36.2. The van der Waals surface area contributed by atoms with Gasteiger partial charge in [-0.3, -0.25) is 9.59 Å². The summed E-state index contributed by atoms with van der Waals surface area (Å²) in [4.78, 5) is 26.7. The number of allylic oxidation sites excluding steroid dienone is 11. The van der Waals surface area contributed by atoms with Gasteiger partial charge in [-0.1, -0.05) is 325 Å². The predicted octanol–water partition coefficient (Wildman–Crippen LogP) is 18.7. The molecule has 0 aromatic rings. The third-order valence-corrected chi connectivity index (χ3v) is 16.9. The normalized spacial score (nSPS) is 18.7. The smallest absolute Gasteiger partial charge is 0.306 e. The zero-order valence-electron chi connectivity index (χ0n) is 55.7. The third-order valence-electron chi connectivity index (χ3n) is 16.9. The summed E-state index contributed by atoms with van der Waals surface area (Å²) in [6.45, 7) is 5.71. The quantitative estimate of drug-likeness (QED) is 0.0195. The Morgan fingerprint density at radius 1 is 0.465 bits per heavy atom. The van der Waals surface area contributed by atoms with E-state index in [1.807, 2.05) is 6.08 Å². The van der Waals surface area contributed by atoms with E-state index in [-0.39, 0.29) is 13.0 Å². The van der Waals surface area contributed by atoms with Gasteiger partial charge in [0, 0.05) is 6.42 Å². The van der Waals surface area contributed by atoms with Gasteiger partial charge in [0.2, 0.25) is 5.91 Å².